The molecule has 0 nitrogen and oxygen atoms in total. The van der Waals surface area contributed by atoms with Crippen molar-refractivity contribution >= 4 is 0 Å². The maximum Gasteiger partial charge on any atom is -0.0231 e. The number of unbranched alkanes of at least 4 members (excludes halogenated alkanes) is 2. The third-order valence-corrected chi connectivity index (χ3v) is 6.16. The molecule has 122 valence electrons. The van der Waals surface area contributed by atoms with Crippen molar-refractivity contribution in [3.63, 3.8) is 0 Å². The predicted molar refractivity (Wildman–Crippen MR) is 94.5 cm³/mol. The molecule has 0 aromatic carbocycles. The molecule has 0 aliphatic heterocycles. The van der Waals surface area contributed by atoms with Crippen molar-refractivity contribution in [2.45, 2.75) is 97.3 Å². The molecule has 2 atom stereocenters. The van der Waals surface area contributed by atoms with Crippen molar-refractivity contribution in [2.24, 2.45) is 23.7 Å². The van der Waals surface area contributed by atoms with Gasteiger partial charge in [0.2, 0.25) is 0 Å². The SMILES string of the molecule is CCCCCC1CCCC(C=CC2CCC(CC)CC2)C1. The van der Waals surface area contributed by atoms with Gasteiger partial charge in [-0.15, -0.1) is 0 Å². The summed E-state index contributed by atoms with van der Waals surface area (Å²) < 4.78 is 0. The molecule has 2 fully saturated rings. The summed E-state index contributed by atoms with van der Waals surface area (Å²) in [5.41, 5.74) is 0. The number of hydrogen-bond acceptors (Lipinski definition) is 0. The Kier molecular flexibility index (Phi) is 7.89. The van der Waals surface area contributed by atoms with Crippen molar-refractivity contribution in [2.75, 3.05) is 0 Å². The monoisotopic (exact) mass is 290 g/mol. The predicted octanol–water partition coefficient (Wildman–Crippen LogP) is 7.15. The average Bonchev–Trinajstić information content (AvgIpc) is 2.54. The molecular formula is C21H38. The summed E-state index contributed by atoms with van der Waals surface area (Å²) in [6.07, 6.45) is 24.3. The van der Waals surface area contributed by atoms with Gasteiger partial charge in [0.1, 0.15) is 0 Å². The quantitative estimate of drug-likeness (QED) is 0.345. The van der Waals surface area contributed by atoms with E-state index >= 15 is 0 Å². The van der Waals surface area contributed by atoms with Crippen molar-refractivity contribution in [3.05, 3.63) is 12.2 Å². The highest BCUT2D eigenvalue weighted by Gasteiger charge is 2.21. The minimum absolute atomic E-state index is 0.910. The van der Waals surface area contributed by atoms with Crippen LogP contribution in [0.1, 0.15) is 97.3 Å². The van der Waals surface area contributed by atoms with Crippen LogP contribution in [0, 0.1) is 23.7 Å². The summed E-state index contributed by atoms with van der Waals surface area (Å²) in [7, 11) is 0. The standard InChI is InChI=1S/C21H38/c1-3-5-6-8-20-9-7-10-21(17-20)16-15-19-13-11-18(4-2)12-14-19/h15-16,18-21H,3-14,17H2,1-2H3. The number of rotatable bonds is 7. The number of hydrogen-bond donors (Lipinski definition) is 0. The van der Waals surface area contributed by atoms with Crippen molar-refractivity contribution in [1.82, 2.24) is 0 Å². The fourth-order valence-electron chi connectivity index (χ4n) is 4.56. The lowest BCUT2D eigenvalue weighted by molar-refractivity contribution is 0.279. The highest BCUT2D eigenvalue weighted by Crippen LogP contribution is 2.35. The van der Waals surface area contributed by atoms with Crippen molar-refractivity contribution in [3.8, 4) is 0 Å². The Balaban J connectivity index is 1.68. The highest BCUT2D eigenvalue weighted by molar-refractivity contribution is 4.96. The molecule has 0 radical (unpaired) electrons. The summed E-state index contributed by atoms with van der Waals surface area (Å²) in [5, 5.41) is 0. The molecule has 0 saturated heterocycles. The normalized spacial score (nSPS) is 34.4. The van der Waals surface area contributed by atoms with Crippen molar-refractivity contribution < 1.29 is 0 Å². The van der Waals surface area contributed by atoms with Gasteiger partial charge in [-0.3, -0.25) is 0 Å². The van der Waals surface area contributed by atoms with Gasteiger partial charge in [0.05, 0.1) is 0 Å². The van der Waals surface area contributed by atoms with E-state index in [9.17, 15) is 0 Å². The summed E-state index contributed by atoms with van der Waals surface area (Å²) in [4.78, 5) is 0. The van der Waals surface area contributed by atoms with Gasteiger partial charge < -0.3 is 0 Å². The molecule has 2 saturated carbocycles. The first-order chi connectivity index (χ1) is 10.3. The first kappa shape index (κ1) is 17.1. The molecule has 0 aromatic rings. The first-order valence-corrected chi connectivity index (χ1v) is 10.00. The maximum atomic E-state index is 2.63. The largest absolute Gasteiger partial charge is 0.0851 e. The lowest BCUT2D eigenvalue weighted by atomic mass is 9.77. The second kappa shape index (κ2) is 9.70. The van der Waals surface area contributed by atoms with E-state index in [0.717, 1.165) is 23.7 Å². The molecule has 2 aliphatic rings. The zero-order valence-electron chi connectivity index (χ0n) is 14.7. The van der Waals surface area contributed by atoms with Gasteiger partial charge in [0, 0.05) is 0 Å². The number of allylic oxidation sites excluding steroid dienone is 2. The van der Waals surface area contributed by atoms with Crippen LogP contribution in [0.3, 0.4) is 0 Å². The topological polar surface area (TPSA) is 0 Å². The molecule has 0 aromatic heterocycles. The van der Waals surface area contributed by atoms with Crippen LogP contribution in [0.4, 0.5) is 0 Å². The van der Waals surface area contributed by atoms with E-state index < -0.39 is 0 Å². The Morgan fingerprint density at radius 1 is 0.762 bits per heavy atom. The van der Waals surface area contributed by atoms with Crippen molar-refractivity contribution in [1.29, 1.82) is 0 Å². The molecular weight excluding hydrogens is 252 g/mol. The summed E-state index contributed by atoms with van der Waals surface area (Å²) in [6.45, 7) is 4.68. The highest BCUT2D eigenvalue weighted by atomic mass is 14.3. The van der Waals surface area contributed by atoms with Gasteiger partial charge in [-0.1, -0.05) is 70.9 Å². The molecule has 0 bridgehead atoms. The summed E-state index contributed by atoms with van der Waals surface area (Å²) in [6, 6.07) is 0. The van der Waals surface area contributed by atoms with Crippen LogP contribution >= 0.6 is 0 Å². The molecule has 0 amide bonds. The van der Waals surface area contributed by atoms with Gasteiger partial charge in [-0.25, -0.2) is 0 Å². The van der Waals surface area contributed by atoms with Gasteiger partial charge in [0.15, 0.2) is 0 Å². The van der Waals surface area contributed by atoms with Crippen LogP contribution < -0.4 is 0 Å². The lowest BCUT2D eigenvalue weighted by Crippen LogP contribution is -2.15. The summed E-state index contributed by atoms with van der Waals surface area (Å²) in [5.74, 6) is 3.89. The zero-order chi connectivity index (χ0) is 14.9. The molecule has 21 heavy (non-hydrogen) atoms. The van der Waals surface area contributed by atoms with Crippen LogP contribution in [0.25, 0.3) is 0 Å². The van der Waals surface area contributed by atoms with Gasteiger partial charge in [-0.2, -0.15) is 0 Å². The van der Waals surface area contributed by atoms with E-state index in [1.807, 2.05) is 0 Å². The Morgan fingerprint density at radius 3 is 2.24 bits per heavy atom. The van der Waals surface area contributed by atoms with Crippen LogP contribution in [0.15, 0.2) is 12.2 Å². The average molecular weight is 291 g/mol. The second-order valence-corrected chi connectivity index (χ2v) is 7.86. The molecule has 0 heterocycles. The minimum atomic E-state index is 0.910. The van der Waals surface area contributed by atoms with E-state index in [2.05, 4.69) is 26.0 Å². The molecule has 2 aliphatic carbocycles. The van der Waals surface area contributed by atoms with E-state index in [0.29, 0.717) is 0 Å². The minimum Gasteiger partial charge on any atom is -0.0851 e. The van der Waals surface area contributed by atoms with E-state index in [1.54, 1.807) is 0 Å². The molecule has 0 N–H and O–H groups in total. The van der Waals surface area contributed by atoms with Gasteiger partial charge in [-0.05, 0) is 62.2 Å². The lowest BCUT2D eigenvalue weighted by Gasteiger charge is -2.29. The zero-order valence-corrected chi connectivity index (χ0v) is 14.7. The molecule has 0 heteroatoms. The molecule has 0 spiro atoms. The molecule has 2 rings (SSSR count). The van der Waals surface area contributed by atoms with Crippen LogP contribution in [0.5, 0.6) is 0 Å². The van der Waals surface area contributed by atoms with Crippen LogP contribution in [0.2, 0.25) is 0 Å². The Morgan fingerprint density at radius 2 is 1.52 bits per heavy atom. The summed E-state index contributed by atoms with van der Waals surface area (Å²) >= 11 is 0. The van der Waals surface area contributed by atoms with E-state index in [1.165, 1.54) is 83.5 Å². The van der Waals surface area contributed by atoms with E-state index in [4.69, 9.17) is 0 Å². The second-order valence-electron chi connectivity index (χ2n) is 7.86. The third-order valence-electron chi connectivity index (χ3n) is 6.16. The maximum absolute atomic E-state index is 2.63. The molecule has 2 unspecified atom stereocenters. The van der Waals surface area contributed by atoms with E-state index in [-0.39, 0.29) is 0 Å². The van der Waals surface area contributed by atoms with Gasteiger partial charge in [0.25, 0.3) is 0 Å². The Bertz CT molecular complexity index is 282. The smallest absolute Gasteiger partial charge is 0.0231 e. The Labute approximate surface area is 133 Å². The third kappa shape index (κ3) is 6.17. The fourth-order valence-corrected chi connectivity index (χ4v) is 4.56. The van der Waals surface area contributed by atoms with Crippen LogP contribution in [-0.2, 0) is 0 Å². The van der Waals surface area contributed by atoms with Crippen LogP contribution in [-0.4, -0.2) is 0 Å². The van der Waals surface area contributed by atoms with Gasteiger partial charge >= 0.3 is 0 Å². The first-order valence-electron chi connectivity index (χ1n) is 10.00. The Hall–Kier alpha value is -0.260. The fraction of sp³-hybridized carbons (Fsp3) is 0.905.